The van der Waals surface area contributed by atoms with Gasteiger partial charge in [-0.15, -0.1) is 0 Å². The third-order valence-corrected chi connectivity index (χ3v) is 8.04. The zero-order valence-electron chi connectivity index (χ0n) is 26.1. The summed E-state index contributed by atoms with van der Waals surface area (Å²) in [6.45, 7) is 8.57. The van der Waals surface area contributed by atoms with Gasteiger partial charge in [-0.3, -0.25) is 24.1 Å². The van der Waals surface area contributed by atoms with Crippen LogP contribution in [0.3, 0.4) is 0 Å². The molecule has 2 aliphatic heterocycles. The highest BCUT2D eigenvalue weighted by Gasteiger charge is 2.50. The third kappa shape index (κ3) is 10.2. The van der Waals surface area contributed by atoms with Crippen LogP contribution in [0.5, 0.6) is 0 Å². The lowest BCUT2D eigenvalue weighted by molar-refractivity contribution is -0.134. The first kappa shape index (κ1) is 33.3. The molecule has 2 saturated heterocycles. The first-order chi connectivity index (χ1) is 21.1. The summed E-state index contributed by atoms with van der Waals surface area (Å²) in [6.07, 6.45) is 1.62. The summed E-state index contributed by atoms with van der Waals surface area (Å²) in [4.78, 5) is 55.9. The van der Waals surface area contributed by atoms with Gasteiger partial charge < -0.3 is 25.4 Å². The van der Waals surface area contributed by atoms with Gasteiger partial charge in [0.2, 0.25) is 17.7 Å². The van der Waals surface area contributed by atoms with Gasteiger partial charge in [-0.1, -0.05) is 74.5 Å². The number of ketones is 1. The number of carbonyl (C=O) groups excluding carboxylic acids is 4. The Hall–Kier alpha value is -3.60. The van der Waals surface area contributed by atoms with E-state index in [1.165, 1.54) is 0 Å². The Kier molecular flexibility index (Phi) is 12.1. The van der Waals surface area contributed by atoms with E-state index in [1.54, 1.807) is 6.92 Å². The molecule has 3 amide bonds. The molecule has 2 aromatic rings. The average Bonchev–Trinajstić information content (AvgIpc) is 3.77. The molecule has 0 bridgehead atoms. The maximum absolute atomic E-state index is 13.7. The molecular formula is C34H46N4O6. The van der Waals surface area contributed by atoms with Gasteiger partial charge in [-0.05, 0) is 49.7 Å². The first-order valence-electron chi connectivity index (χ1n) is 15.6. The highest BCUT2D eigenvalue weighted by Crippen LogP contribution is 2.29. The largest absolute Gasteiger partial charge is 0.379 e. The van der Waals surface area contributed by atoms with Crippen molar-refractivity contribution >= 4 is 23.5 Å². The number of morpholine rings is 1. The lowest BCUT2D eigenvalue weighted by atomic mass is 9.94. The van der Waals surface area contributed by atoms with Gasteiger partial charge in [0.15, 0.2) is 5.78 Å². The summed E-state index contributed by atoms with van der Waals surface area (Å²) in [5.41, 5.74) is 1.03. The number of epoxide rings is 1. The van der Waals surface area contributed by atoms with E-state index in [0.717, 1.165) is 11.1 Å². The summed E-state index contributed by atoms with van der Waals surface area (Å²) in [5.74, 6) is -1.23. The SMILES string of the molecule is CC(C)C[C@H](NC(=O)[C@H](CCc1ccccc1)NC(=O)CN1CCOCC1)C(=O)N[C@@H](Cc1ccccc1)C(=O)[C@@]1(C)CO1. The number of ether oxygens (including phenoxy) is 2. The van der Waals surface area contributed by atoms with Crippen LogP contribution in [-0.2, 0) is 41.5 Å². The Labute approximate surface area is 260 Å². The van der Waals surface area contributed by atoms with E-state index in [-0.39, 0.29) is 24.2 Å². The van der Waals surface area contributed by atoms with Crippen LogP contribution in [0.2, 0.25) is 0 Å². The molecule has 0 aliphatic carbocycles. The summed E-state index contributed by atoms with van der Waals surface area (Å²) >= 11 is 0. The van der Waals surface area contributed by atoms with Gasteiger partial charge in [-0.25, -0.2) is 0 Å². The van der Waals surface area contributed by atoms with E-state index >= 15 is 0 Å². The predicted octanol–water partition coefficient (Wildman–Crippen LogP) is 2.05. The fourth-order valence-electron chi connectivity index (χ4n) is 5.35. The summed E-state index contributed by atoms with van der Waals surface area (Å²) in [6, 6.07) is 16.7. The standard InChI is InChI=1S/C34H46N4O6/c1-24(2)20-29(33(42)36-28(31(40)34(3)23-44-34)21-26-12-8-5-9-13-26)37-32(41)27(15-14-25-10-6-4-7-11-25)35-30(39)22-38-16-18-43-19-17-38/h4-13,24,27-29H,14-23H2,1-3H3,(H,35,39)(H,36,42)(H,37,41)/t27-,28-,29-,34+/m0/s1. The number of rotatable bonds is 16. The maximum Gasteiger partial charge on any atom is 0.243 e. The molecule has 10 nitrogen and oxygen atoms in total. The van der Waals surface area contributed by atoms with Crippen LogP contribution >= 0.6 is 0 Å². The molecule has 238 valence electrons. The zero-order valence-corrected chi connectivity index (χ0v) is 26.1. The number of benzene rings is 2. The van der Waals surface area contributed by atoms with Crippen LogP contribution in [-0.4, -0.2) is 91.6 Å². The average molecular weight is 607 g/mol. The van der Waals surface area contributed by atoms with Crippen molar-refractivity contribution in [1.82, 2.24) is 20.9 Å². The first-order valence-corrected chi connectivity index (χ1v) is 15.6. The molecule has 0 aromatic heterocycles. The van der Waals surface area contributed by atoms with Crippen LogP contribution in [0.1, 0.15) is 44.7 Å². The number of amides is 3. The van der Waals surface area contributed by atoms with Crippen LogP contribution in [0.15, 0.2) is 60.7 Å². The molecule has 0 saturated carbocycles. The second-order valence-corrected chi connectivity index (χ2v) is 12.4. The Balaban J connectivity index is 1.46. The zero-order chi connectivity index (χ0) is 31.5. The van der Waals surface area contributed by atoms with Crippen LogP contribution in [0.25, 0.3) is 0 Å². The molecule has 2 aliphatic rings. The van der Waals surface area contributed by atoms with Crippen molar-refractivity contribution < 1.29 is 28.7 Å². The minimum atomic E-state index is -0.920. The second kappa shape index (κ2) is 15.9. The Bertz CT molecular complexity index is 1240. The molecule has 0 radical (unpaired) electrons. The van der Waals surface area contributed by atoms with Gasteiger partial charge >= 0.3 is 0 Å². The number of nitrogens with one attached hydrogen (secondary N) is 3. The van der Waals surface area contributed by atoms with Crippen LogP contribution in [0.4, 0.5) is 0 Å². The molecule has 10 heteroatoms. The molecule has 4 rings (SSSR count). The molecule has 4 atom stereocenters. The van der Waals surface area contributed by atoms with E-state index in [0.29, 0.717) is 58.6 Å². The molecule has 2 heterocycles. The lowest BCUT2D eigenvalue weighted by Gasteiger charge is -2.28. The smallest absolute Gasteiger partial charge is 0.243 e. The molecule has 0 unspecified atom stereocenters. The molecular weight excluding hydrogens is 560 g/mol. The van der Waals surface area contributed by atoms with Gasteiger partial charge in [0.1, 0.15) is 17.7 Å². The highest BCUT2D eigenvalue weighted by atomic mass is 16.6. The molecule has 3 N–H and O–H groups in total. The van der Waals surface area contributed by atoms with Crippen molar-refractivity contribution in [2.24, 2.45) is 5.92 Å². The number of Topliss-reactive ketones (excluding diaryl/α,β-unsaturated/α-hetero) is 1. The van der Waals surface area contributed by atoms with Crippen molar-refractivity contribution in [3.05, 3.63) is 71.8 Å². The lowest BCUT2D eigenvalue weighted by Crippen LogP contribution is -2.58. The molecule has 44 heavy (non-hydrogen) atoms. The number of nitrogens with zero attached hydrogens (tertiary/aromatic N) is 1. The minimum absolute atomic E-state index is 0.0808. The van der Waals surface area contributed by atoms with Crippen LogP contribution in [0, 0.1) is 5.92 Å². The van der Waals surface area contributed by atoms with Gasteiger partial charge in [0, 0.05) is 13.1 Å². The highest BCUT2D eigenvalue weighted by molar-refractivity contribution is 5.98. The second-order valence-electron chi connectivity index (χ2n) is 12.4. The Morgan fingerprint density at radius 3 is 1.98 bits per heavy atom. The van der Waals surface area contributed by atoms with Crippen molar-refractivity contribution in [3.8, 4) is 0 Å². The fourth-order valence-corrected chi connectivity index (χ4v) is 5.35. The van der Waals surface area contributed by atoms with E-state index in [2.05, 4.69) is 16.0 Å². The van der Waals surface area contributed by atoms with Crippen molar-refractivity contribution in [2.75, 3.05) is 39.5 Å². The normalized spacial score (nSPS) is 20.3. The van der Waals surface area contributed by atoms with E-state index in [4.69, 9.17) is 9.47 Å². The number of hydrogen-bond acceptors (Lipinski definition) is 7. The topological polar surface area (TPSA) is 129 Å². The van der Waals surface area contributed by atoms with Crippen molar-refractivity contribution in [3.63, 3.8) is 0 Å². The van der Waals surface area contributed by atoms with Gasteiger partial charge in [0.05, 0.1) is 32.4 Å². The van der Waals surface area contributed by atoms with Crippen molar-refractivity contribution in [2.45, 2.75) is 70.2 Å². The maximum atomic E-state index is 13.7. The van der Waals surface area contributed by atoms with E-state index in [9.17, 15) is 19.2 Å². The third-order valence-electron chi connectivity index (χ3n) is 8.04. The van der Waals surface area contributed by atoms with Gasteiger partial charge in [-0.2, -0.15) is 0 Å². The monoisotopic (exact) mass is 606 g/mol. The predicted molar refractivity (Wildman–Crippen MR) is 167 cm³/mol. The van der Waals surface area contributed by atoms with Gasteiger partial charge in [0.25, 0.3) is 0 Å². The number of carbonyl (C=O) groups is 4. The fraction of sp³-hybridized carbons (Fsp3) is 0.529. The number of hydrogen-bond donors (Lipinski definition) is 3. The van der Waals surface area contributed by atoms with E-state index < -0.39 is 35.5 Å². The molecule has 2 aromatic carbocycles. The Morgan fingerprint density at radius 1 is 0.818 bits per heavy atom. The number of aryl methyl sites for hydroxylation is 1. The quantitative estimate of drug-likeness (QED) is 0.250. The summed E-state index contributed by atoms with van der Waals surface area (Å²) in [7, 11) is 0. The van der Waals surface area contributed by atoms with E-state index in [1.807, 2.05) is 79.4 Å². The van der Waals surface area contributed by atoms with Crippen LogP contribution < -0.4 is 16.0 Å². The molecule has 2 fully saturated rings. The van der Waals surface area contributed by atoms with Crippen molar-refractivity contribution in [1.29, 1.82) is 0 Å². The molecule has 0 spiro atoms. The minimum Gasteiger partial charge on any atom is -0.379 e. The Morgan fingerprint density at radius 2 is 1.39 bits per heavy atom. The summed E-state index contributed by atoms with van der Waals surface area (Å²) < 4.78 is 10.8. The summed E-state index contributed by atoms with van der Waals surface area (Å²) in [5, 5.41) is 8.76.